The van der Waals surface area contributed by atoms with Crippen LogP contribution in [0.15, 0.2) is 35.2 Å². The van der Waals surface area contributed by atoms with E-state index in [-0.39, 0.29) is 4.90 Å². The van der Waals surface area contributed by atoms with Crippen LogP contribution in [0.2, 0.25) is 0 Å². The van der Waals surface area contributed by atoms with Crippen molar-refractivity contribution in [2.45, 2.75) is 25.2 Å². The Morgan fingerprint density at radius 1 is 1.17 bits per heavy atom. The van der Waals surface area contributed by atoms with Gasteiger partial charge in [0, 0.05) is 11.4 Å². The minimum atomic E-state index is -3.60. The monoisotopic (exact) mass is 264 g/mol. The van der Waals surface area contributed by atoms with Crippen LogP contribution in [0.25, 0.3) is 0 Å². The van der Waals surface area contributed by atoms with Crippen molar-refractivity contribution in [3.63, 3.8) is 0 Å². The van der Waals surface area contributed by atoms with E-state index >= 15 is 0 Å². The lowest BCUT2D eigenvalue weighted by Gasteiger charge is -2.03. The highest BCUT2D eigenvalue weighted by Gasteiger charge is 2.08. The van der Waals surface area contributed by atoms with E-state index in [1.807, 2.05) is 13.8 Å². The van der Waals surface area contributed by atoms with Gasteiger partial charge < -0.3 is 4.98 Å². The Labute approximate surface area is 107 Å². The normalized spacial score (nSPS) is 11.7. The molecule has 96 valence electrons. The molecular weight excluding hydrogens is 248 g/mol. The molecule has 0 aliphatic carbocycles. The van der Waals surface area contributed by atoms with Gasteiger partial charge in [-0.2, -0.15) is 0 Å². The minimum Gasteiger partial charge on any atom is -0.362 e. The lowest BCUT2D eigenvalue weighted by molar-refractivity contribution is 0.598. The Hall–Kier alpha value is -1.59. The number of aromatic amines is 1. The highest BCUT2D eigenvalue weighted by atomic mass is 32.2. The number of aromatic nitrogens is 1. The molecule has 0 aliphatic rings. The molecular formula is C13H16N2O2S. The lowest BCUT2D eigenvalue weighted by Crippen LogP contribution is -2.11. The van der Waals surface area contributed by atoms with Crippen LogP contribution in [0, 0.1) is 13.8 Å². The van der Waals surface area contributed by atoms with Crippen molar-refractivity contribution in [3.05, 3.63) is 52.8 Å². The number of aryl methyl sites for hydroxylation is 2. The Balaban J connectivity index is 2.24. The van der Waals surface area contributed by atoms with Gasteiger partial charge in [0.25, 0.3) is 0 Å². The van der Waals surface area contributed by atoms with Gasteiger partial charge >= 0.3 is 0 Å². The average molecular weight is 264 g/mol. The van der Waals surface area contributed by atoms with Gasteiger partial charge in [0.15, 0.2) is 0 Å². The Kier molecular flexibility index (Phi) is 3.28. The summed E-state index contributed by atoms with van der Waals surface area (Å²) in [5, 5.41) is 5.05. The molecule has 0 atom stereocenters. The van der Waals surface area contributed by atoms with E-state index in [0.29, 0.717) is 0 Å². The molecule has 0 fully saturated rings. The summed E-state index contributed by atoms with van der Waals surface area (Å²) in [6, 6.07) is 8.77. The molecule has 0 saturated heterocycles. The predicted molar refractivity (Wildman–Crippen MR) is 70.9 cm³/mol. The van der Waals surface area contributed by atoms with Gasteiger partial charge in [0.05, 0.1) is 4.90 Å². The van der Waals surface area contributed by atoms with E-state index in [2.05, 4.69) is 11.1 Å². The van der Waals surface area contributed by atoms with Crippen LogP contribution in [0.5, 0.6) is 0 Å². The number of nitrogens with two attached hydrogens (primary N) is 1. The van der Waals surface area contributed by atoms with Crippen molar-refractivity contribution >= 4 is 10.0 Å². The number of primary sulfonamides is 1. The van der Waals surface area contributed by atoms with Crippen molar-refractivity contribution in [3.8, 4) is 0 Å². The molecule has 18 heavy (non-hydrogen) atoms. The highest BCUT2D eigenvalue weighted by Crippen LogP contribution is 2.16. The van der Waals surface area contributed by atoms with Gasteiger partial charge in [-0.15, -0.1) is 0 Å². The summed E-state index contributed by atoms with van der Waals surface area (Å²) in [7, 11) is -3.60. The summed E-state index contributed by atoms with van der Waals surface area (Å²) in [4.78, 5) is 3.39. The minimum absolute atomic E-state index is 0.147. The molecule has 4 nitrogen and oxygen atoms in total. The zero-order chi connectivity index (χ0) is 13.3. The van der Waals surface area contributed by atoms with Crippen LogP contribution in [0.4, 0.5) is 0 Å². The summed E-state index contributed by atoms with van der Waals surface area (Å²) in [6.07, 6.45) is 0.779. The molecule has 0 spiro atoms. The summed E-state index contributed by atoms with van der Waals surface area (Å²) < 4.78 is 22.3. The van der Waals surface area contributed by atoms with E-state index in [0.717, 1.165) is 23.4 Å². The fourth-order valence-electron chi connectivity index (χ4n) is 1.98. The van der Waals surface area contributed by atoms with E-state index < -0.39 is 10.0 Å². The molecule has 5 heteroatoms. The number of sulfonamides is 1. The summed E-state index contributed by atoms with van der Waals surface area (Å²) >= 11 is 0. The Morgan fingerprint density at radius 2 is 1.78 bits per heavy atom. The second-order valence-corrected chi connectivity index (χ2v) is 6.03. The Bertz CT molecular complexity index is 655. The van der Waals surface area contributed by atoms with Crippen molar-refractivity contribution in [2.24, 2.45) is 5.14 Å². The summed E-state index contributed by atoms with van der Waals surface area (Å²) in [6.45, 7) is 4.04. The molecule has 0 bridgehead atoms. The molecule has 0 aliphatic heterocycles. The SMILES string of the molecule is Cc1cc(Cc2ccc(S(N)(=O)=O)cc2)c(C)[nH]1. The first-order valence-corrected chi connectivity index (χ1v) is 7.18. The van der Waals surface area contributed by atoms with Crippen molar-refractivity contribution in [1.29, 1.82) is 0 Å². The largest absolute Gasteiger partial charge is 0.362 e. The van der Waals surface area contributed by atoms with E-state index in [1.54, 1.807) is 24.3 Å². The second kappa shape index (κ2) is 4.59. The van der Waals surface area contributed by atoms with E-state index in [9.17, 15) is 8.42 Å². The molecule has 1 aromatic carbocycles. The number of benzene rings is 1. The maximum absolute atomic E-state index is 11.1. The van der Waals surface area contributed by atoms with Gasteiger partial charge in [-0.05, 0) is 49.6 Å². The van der Waals surface area contributed by atoms with Gasteiger partial charge in [0.1, 0.15) is 0 Å². The van der Waals surface area contributed by atoms with E-state index in [1.165, 1.54) is 5.56 Å². The third-order valence-electron chi connectivity index (χ3n) is 2.90. The molecule has 2 aromatic rings. The second-order valence-electron chi connectivity index (χ2n) is 4.47. The van der Waals surface area contributed by atoms with Crippen molar-refractivity contribution < 1.29 is 8.42 Å². The number of hydrogen-bond acceptors (Lipinski definition) is 2. The maximum Gasteiger partial charge on any atom is 0.238 e. The topological polar surface area (TPSA) is 76.0 Å². The number of rotatable bonds is 3. The lowest BCUT2D eigenvalue weighted by atomic mass is 10.1. The van der Waals surface area contributed by atoms with Crippen LogP contribution in [0.1, 0.15) is 22.5 Å². The van der Waals surface area contributed by atoms with Crippen LogP contribution >= 0.6 is 0 Å². The first-order valence-electron chi connectivity index (χ1n) is 5.63. The molecule has 0 amide bonds. The van der Waals surface area contributed by atoms with E-state index in [4.69, 9.17) is 5.14 Å². The maximum atomic E-state index is 11.1. The summed E-state index contributed by atoms with van der Waals surface area (Å²) in [5.74, 6) is 0. The predicted octanol–water partition coefficient (Wildman–Crippen LogP) is 1.87. The molecule has 1 aromatic heterocycles. The third kappa shape index (κ3) is 2.80. The van der Waals surface area contributed by atoms with Gasteiger partial charge in [-0.1, -0.05) is 12.1 Å². The van der Waals surface area contributed by atoms with Crippen LogP contribution in [-0.4, -0.2) is 13.4 Å². The Morgan fingerprint density at radius 3 is 2.22 bits per heavy atom. The third-order valence-corrected chi connectivity index (χ3v) is 3.83. The zero-order valence-corrected chi connectivity index (χ0v) is 11.2. The van der Waals surface area contributed by atoms with Crippen molar-refractivity contribution in [1.82, 2.24) is 4.98 Å². The first kappa shape index (κ1) is 12.9. The molecule has 0 radical (unpaired) electrons. The number of H-pyrrole nitrogens is 1. The first-order chi connectivity index (χ1) is 8.36. The van der Waals surface area contributed by atoms with Gasteiger partial charge in [-0.3, -0.25) is 0 Å². The smallest absolute Gasteiger partial charge is 0.238 e. The summed E-state index contributed by atoms with van der Waals surface area (Å²) in [5.41, 5.74) is 4.55. The van der Waals surface area contributed by atoms with Gasteiger partial charge in [-0.25, -0.2) is 13.6 Å². The quantitative estimate of drug-likeness (QED) is 0.888. The molecule has 0 unspecified atom stereocenters. The van der Waals surface area contributed by atoms with Crippen molar-refractivity contribution in [2.75, 3.05) is 0 Å². The fraction of sp³-hybridized carbons (Fsp3) is 0.231. The number of hydrogen-bond donors (Lipinski definition) is 2. The zero-order valence-electron chi connectivity index (χ0n) is 10.4. The number of nitrogens with one attached hydrogen (secondary N) is 1. The van der Waals surface area contributed by atoms with Crippen LogP contribution < -0.4 is 5.14 Å². The van der Waals surface area contributed by atoms with Gasteiger partial charge in [0.2, 0.25) is 10.0 Å². The average Bonchev–Trinajstić information content (AvgIpc) is 2.57. The molecule has 3 N–H and O–H groups in total. The standard InChI is InChI=1S/C13H16N2O2S/c1-9-7-12(10(2)15-9)8-11-3-5-13(6-4-11)18(14,16)17/h3-7,15H,8H2,1-2H3,(H2,14,16,17). The van der Waals surface area contributed by atoms with Crippen LogP contribution in [0.3, 0.4) is 0 Å². The fourth-order valence-corrected chi connectivity index (χ4v) is 2.50. The highest BCUT2D eigenvalue weighted by molar-refractivity contribution is 7.89. The molecule has 2 rings (SSSR count). The molecule has 0 saturated carbocycles. The molecule has 1 heterocycles. The van der Waals surface area contributed by atoms with Crippen LogP contribution in [-0.2, 0) is 16.4 Å².